The number of piperidine rings is 1. The van der Waals surface area contributed by atoms with Crippen molar-refractivity contribution in [3.63, 3.8) is 0 Å². The average Bonchev–Trinajstić information content (AvgIpc) is 3.09. The predicted octanol–water partition coefficient (Wildman–Crippen LogP) is 2.85. The number of thioether (sulfide) groups is 1. The first-order valence-corrected chi connectivity index (χ1v) is 11.1. The number of nitrogens with one attached hydrogen (secondary N) is 2. The van der Waals surface area contributed by atoms with Gasteiger partial charge in [0.1, 0.15) is 0 Å². The van der Waals surface area contributed by atoms with Gasteiger partial charge in [0.05, 0.1) is 10.6 Å². The van der Waals surface area contributed by atoms with Crippen molar-refractivity contribution in [2.45, 2.75) is 19.3 Å². The Labute approximate surface area is 180 Å². The highest BCUT2D eigenvalue weighted by molar-refractivity contribution is 8.18. The van der Waals surface area contributed by atoms with Crippen LogP contribution >= 0.6 is 11.8 Å². The molecule has 3 heterocycles. The molecule has 1 aromatic heterocycles. The summed E-state index contributed by atoms with van der Waals surface area (Å²) in [6.45, 7) is 3.86. The Morgan fingerprint density at radius 1 is 1.17 bits per heavy atom. The van der Waals surface area contributed by atoms with E-state index in [1.807, 2.05) is 6.07 Å². The van der Waals surface area contributed by atoms with E-state index in [0.29, 0.717) is 22.5 Å². The Morgan fingerprint density at radius 3 is 2.70 bits per heavy atom. The van der Waals surface area contributed by atoms with Gasteiger partial charge in [-0.2, -0.15) is 0 Å². The van der Waals surface area contributed by atoms with Gasteiger partial charge in [-0.3, -0.25) is 14.9 Å². The van der Waals surface area contributed by atoms with E-state index in [4.69, 9.17) is 0 Å². The lowest BCUT2D eigenvalue weighted by Gasteiger charge is -2.32. The highest BCUT2D eigenvalue weighted by Crippen LogP contribution is 2.26. The zero-order valence-corrected chi connectivity index (χ0v) is 17.5. The molecule has 2 saturated heterocycles. The molecule has 2 amide bonds. The largest absolute Gasteiger partial charge is 0.341 e. The Hall–Kier alpha value is -2.71. The Bertz CT molecular complexity index is 926. The standard InChI is InChI=1S/C22H25N5O2S/c28-20-19(30-22(29)26-20)14-18-7-11-24-21(25-18)27-12-8-17(9-13-27)15-23-10-6-16-4-2-1-3-5-16/h1-5,7,11,14,17,23H,6,8-10,12-13,15H2,(H,26,28,29)/b19-14+. The molecule has 4 rings (SSSR count). The summed E-state index contributed by atoms with van der Waals surface area (Å²) in [4.78, 5) is 34.6. The summed E-state index contributed by atoms with van der Waals surface area (Å²) < 4.78 is 0. The summed E-state index contributed by atoms with van der Waals surface area (Å²) in [6.07, 6.45) is 6.59. The molecule has 0 spiro atoms. The molecule has 0 unspecified atom stereocenters. The van der Waals surface area contributed by atoms with Crippen LogP contribution in [0.1, 0.15) is 24.1 Å². The molecule has 0 saturated carbocycles. The quantitative estimate of drug-likeness (QED) is 0.523. The van der Waals surface area contributed by atoms with Crippen LogP contribution in [0.3, 0.4) is 0 Å². The van der Waals surface area contributed by atoms with Crippen molar-refractivity contribution in [3.05, 3.63) is 58.8 Å². The van der Waals surface area contributed by atoms with Crippen LogP contribution in [0.15, 0.2) is 47.5 Å². The summed E-state index contributed by atoms with van der Waals surface area (Å²) in [7, 11) is 0. The smallest absolute Gasteiger partial charge is 0.290 e. The van der Waals surface area contributed by atoms with Gasteiger partial charge in [-0.15, -0.1) is 0 Å². The molecule has 0 bridgehead atoms. The molecule has 0 radical (unpaired) electrons. The number of hydrogen-bond donors (Lipinski definition) is 2. The number of hydrogen-bond acceptors (Lipinski definition) is 7. The average molecular weight is 424 g/mol. The molecule has 2 aliphatic heterocycles. The van der Waals surface area contributed by atoms with E-state index in [0.717, 1.165) is 57.2 Å². The van der Waals surface area contributed by atoms with E-state index in [9.17, 15) is 9.59 Å². The zero-order valence-electron chi connectivity index (χ0n) is 16.7. The van der Waals surface area contributed by atoms with Gasteiger partial charge in [0.25, 0.3) is 11.1 Å². The number of imide groups is 1. The third-order valence-corrected chi connectivity index (χ3v) is 6.16. The molecule has 2 aromatic rings. The number of carbonyl (C=O) groups is 2. The van der Waals surface area contributed by atoms with Crippen LogP contribution < -0.4 is 15.5 Å². The molecule has 2 N–H and O–H groups in total. The van der Waals surface area contributed by atoms with Gasteiger partial charge >= 0.3 is 0 Å². The molecule has 8 heteroatoms. The van der Waals surface area contributed by atoms with Crippen molar-refractivity contribution in [2.24, 2.45) is 5.92 Å². The monoisotopic (exact) mass is 423 g/mol. The summed E-state index contributed by atoms with van der Waals surface area (Å²) >= 11 is 0.899. The van der Waals surface area contributed by atoms with E-state index >= 15 is 0 Å². The second-order valence-corrected chi connectivity index (χ2v) is 8.52. The van der Waals surface area contributed by atoms with Crippen LogP contribution in [0, 0.1) is 5.92 Å². The molecular formula is C22H25N5O2S. The Kier molecular flexibility index (Phi) is 6.76. The van der Waals surface area contributed by atoms with Crippen molar-refractivity contribution >= 4 is 34.9 Å². The predicted molar refractivity (Wildman–Crippen MR) is 119 cm³/mol. The van der Waals surface area contributed by atoms with Crippen molar-refractivity contribution in [1.29, 1.82) is 0 Å². The first-order chi connectivity index (χ1) is 14.7. The third kappa shape index (κ3) is 5.46. The topological polar surface area (TPSA) is 87.2 Å². The summed E-state index contributed by atoms with van der Waals surface area (Å²) in [5.41, 5.74) is 2.00. The summed E-state index contributed by atoms with van der Waals surface area (Å²) in [6, 6.07) is 12.3. The van der Waals surface area contributed by atoms with E-state index in [2.05, 4.69) is 49.8 Å². The number of rotatable bonds is 7. The van der Waals surface area contributed by atoms with Gasteiger partial charge in [0.15, 0.2) is 0 Å². The molecule has 156 valence electrons. The number of aromatic nitrogens is 2. The maximum atomic E-state index is 11.7. The van der Waals surface area contributed by atoms with Crippen LogP contribution in [-0.4, -0.2) is 47.3 Å². The molecule has 1 aromatic carbocycles. The number of benzene rings is 1. The van der Waals surface area contributed by atoms with Gasteiger partial charge in [0.2, 0.25) is 5.95 Å². The molecule has 30 heavy (non-hydrogen) atoms. The van der Waals surface area contributed by atoms with Gasteiger partial charge in [0, 0.05) is 19.3 Å². The fourth-order valence-electron chi connectivity index (χ4n) is 3.67. The number of amides is 2. The van der Waals surface area contributed by atoms with Gasteiger partial charge < -0.3 is 10.2 Å². The van der Waals surface area contributed by atoms with Crippen LogP contribution in [0.2, 0.25) is 0 Å². The van der Waals surface area contributed by atoms with Crippen LogP contribution in [0.4, 0.5) is 10.7 Å². The highest BCUT2D eigenvalue weighted by atomic mass is 32.2. The van der Waals surface area contributed by atoms with Crippen molar-refractivity contribution in [3.8, 4) is 0 Å². The summed E-state index contributed by atoms with van der Waals surface area (Å²) in [5, 5.41) is 5.50. The maximum absolute atomic E-state index is 11.7. The molecule has 2 aliphatic rings. The summed E-state index contributed by atoms with van der Waals surface area (Å²) in [5.74, 6) is 0.965. The number of nitrogens with zero attached hydrogens (tertiary/aromatic N) is 3. The number of anilines is 1. The third-order valence-electron chi connectivity index (χ3n) is 5.35. The zero-order chi connectivity index (χ0) is 20.8. The minimum atomic E-state index is -0.370. The van der Waals surface area contributed by atoms with E-state index in [1.54, 1.807) is 18.3 Å². The van der Waals surface area contributed by atoms with E-state index in [-0.39, 0.29) is 11.1 Å². The van der Waals surface area contributed by atoms with Crippen LogP contribution in [-0.2, 0) is 11.2 Å². The van der Waals surface area contributed by atoms with Crippen molar-refractivity contribution in [1.82, 2.24) is 20.6 Å². The number of carbonyl (C=O) groups excluding carboxylic acids is 2. The maximum Gasteiger partial charge on any atom is 0.290 e. The fraction of sp³-hybridized carbons (Fsp3) is 0.364. The van der Waals surface area contributed by atoms with Crippen LogP contribution in [0.5, 0.6) is 0 Å². The molecule has 7 nitrogen and oxygen atoms in total. The highest BCUT2D eigenvalue weighted by Gasteiger charge is 2.25. The second kappa shape index (κ2) is 9.86. The minimum Gasteiger partial charge on any atom is -0.341 e. The Morgan fingerprint density at radius 2 is 1.97 bits per heavy atom. The minimum absolute atomic E-state index is 0.347. The lowest BCUT2D eigenvalue weighted by molar-refractivity contribution is -0.115. The molecule has 2 fully saturated rings. The fourth-order valence-corrected chi connectivity index (χ4v) is 4.34. The first-order valence-electron chi connectivity index (χ1n) is 10.2. The molecule has 0 atom stereocenters. The van der Waals surface area contributed by atoms with Gasteiger partial charge in [-0.1, -0.05) is 30.3 Å². The SMILES string of the molecule is O=C1NC(=O)/C(=C\c2ccnc(N3CCC(CNCCc4ccccc4)CC3)n2)S1. The Balaban J connectivity index is 1.24. The normalized spacial score (nSPS) is 18.8. The molecule has 0 aliphatic carbocycles. The second-order valence-electron chi connectivity index (χ2n) is 7.50. The molecular weight excluding hydrogens is 398 g/mol. The van der Waals surface area contributed by atoms with Crippen molar-refractivity contribution in [2.75, 3.05) is 31.1 Å². The van der Waals surface area contributed by atoms with Gasteiger partial charge in [-0.25, -0.2) is 9.97 Å². The lowest BCUT2D eigenvalue weighted by Crippen LogP contribution is -2.38. The lowest BCUT2D eigenvalue weighted by atomic mass is 9.97. The van der Waals surface area contributed by atoms with E-state index in [1.165, 1.54) is 5.56 Å². The first kappa shape index (κ1) is 20.6. The van der Waals surface area contributed by atoms with E-state index < -0.39 is 0 Å². The van der Waals surface area contributed by atoms with Crippen molar-refractivity contribution < 1.29 is 9.59 Å². The van der Waals surface area contributed by atoms with Crippen LogP contribution in [0.25, 0.3) is 6.08 Å². The van der Waals surface area contributed by atoms with Gasteiger partial charge in [-0.05, 0) is 67.7 Å².